The first kappa shape index (κ1) is 15.2. The number of aromatic nitrogens is 3. The molecular weight excluding hydrogens is 312 g/mol. The van der Waals surface area contributed by atoms with Gasteiger partial charge in [0.1, 0.15) is 5.15 Å². The molecule has 0 aliphatic carbocycles. The molecule has 0 radical (unpaired) electrons. The van der Waals surface area contributed by atoms with Crippen LogP contribution in [0.2, 0.25) is 5.15 Å². The summed E-state index contributed by atoms with van der Waals surface area (Å²) in [6, 6.07) is 11.2. The molecule has 23 heavy (non-hydrogen) atoms. The minimum Gasteiger partial charge on any atom is -0.348 e. The topological polar surface area (TPSA) is 59.8 Å². The van der Waals surface area contributed by atoms with Crippen LogP contribution in [0.25, 0.3) is 0 Å². The zero-order chi connectivity index (χ0) is 16.1. The van der Waals surface area contributed by atoms with E-state index in [1.54, 1.807) is 24.7 Å². The summed E-state index contributed by atoms with van der Waals surface area (Å²) in [6.07, 6.45) is 6.95. The molecule has 0 bridgehead atoms. The second-order valence-corrected chi connectivity index (χ2v) is 5.44. The first-order valence-electron chi connectivity index (χ1n) is 7.14. The van der Waals surface area contributed by atoms with Crippen molar-refractivity contribution in [2.24, 2.45) is 0 Å². The van der Waals surface area contributed by atoms with Crippen molar-refractivity contribution in [1.82, 2.24) is 19.9 Å². The van der Waals surface area contributed by atoms with Crippen LogP contribution in [0.15, 0.2) is 61.3 Å². The van der Waals surface area contributed by atoms with Crippen molar-refractivity contribution >= 4 is 17.5 Å². The molecule has 0 aliphatic rings. The van der Waals surface area contributed by atoms with E-state index in [2.05, 4.69) is 15.3 Å². The molecule has 0 fully saturated rings. The SMILES string of the molecule is O=C(NCc1ccccc1Cn1ccnc1)c1ccnc(Cl)c1. The largest absolute Gasteiger partial charge is 0.348 e. The predicted molar refractivity (Wildman–Crippen MR) is 88.2 cm³/mol. The summed E-state index contributed by atoms with van der Waals surface area (Å²) in [6.45, 7) is 1.16. The molecule has 3 rings (SSSR count). The molecule has 1 amide bonds. The van der Waals surface area contributed by atoms with Gasteiger partial charge in [-0.05, 0) is 23.3 Å². The van der Waals surface area contributed by atoms with Crippen LogP contribution in [-0.4, -0.2) is 20.4 Å². The van der Waals surface area contributed by atoms with Crippen molar-refractivity contribution in [2.75, 3.05) is 0 Å². The molecular formula is C17H15ClN4O. The second-order valence-electron chi connectivity index (χ2n) is 5.05. The Bertz CT molecular complexity index is 802. The van der Waals surface area contributed by atoms with Crippen molar-refractivity contribution in [1.29, 1.82) is 0 Å². The van der Waals surface area contributed by atoms with Gasteiger partial charge in [0, 0.05) is 37.2 Å². The molecule has 1 aromatic carbocycles. The van der Waals surface area contributed by atoms with Crippen LogP contribution in [-0.2, 0) is 13.1 Å². The Labute approximate surface area is 139 Å². The Morgan fingerprint density at radius 3 is 2.74 bits per heavy atom. The fourth-order valence-corrected chi connectivity index (χ4v) is 2.46. The van der Waals surface area contributed by atoms with Gasteiger partial charge in [-0.1, -0.05) is 35.9 Å². The maximum Gasteiger partial charge on any atom is 0.251 e. The maximum atomic E-state index is 12.2. The Morgan fingerprint density at radius 1 is 1.17 bits per heavy atom. The highest BCUT2D eigenvalue weighted by Gasteiger charge is 2.08. The molecule has 116 valence electrons. The second kappa shape index (κ2) is 7.07. The van der Waals surface area contributed by atoms with Crippen LogP contribution in [0.5, 0.6) is 0 Å². The van der Waals surface area contributed by atoms with Gasteiger partial charge in [0.15, 0.2) is 0 Å². The number of pyridine rings is 1. The fraction of sp³-hybridized carbons (Fsp3) is 0.118. The lowest BCUT2D eigenvalue weighted by Gasteiger charge is -2.11. The molecule has 0 unspecified atom stereocenters. The van der Waals surface area contributed by atoms with Crippen molar-refractivity contribution in [3.05, 3.63) is 83.2 Å². The van der Waals surface area contributed by atoms with Crippen molar-refractivity contribution in [2.45, 2.75) is 13.1 Å². The standard InChI is InChI=1S/C17H15ClN4O/c18-16-9-13(5-6-20-16)17(23)21-10-14-3-1-2-4-15(14)11-22-8-7-19-12-22/h1-9,12H,10-11H2,(H,21,23). The summed E-state index contributed by atoms with van der Waals surface area (Å²) in [5, 5.41) is 3.22. The highest BCUT2D eigenvalue weighted by Crippen LogP contribution is 2.12. The summed E-state index contributed by atoms with van der Waals surface area (Å²) >= 11 is 5.81. The molecule has 0 saturated carbocycles. The monoisotopic (exact) mass is 326 g/mol. The van der Waals surface area contributed by atoms with E-state index in [1.165, 1.54) is 6.20 Å². The number of amides is 1. The van der Waals surface area contributed by atoms with Crippen LogP contribution in [0, 0.1) is 0 Å². The highest BCUT2D eigenvalue weighted by atomic mass is 35.5. The molecule has 2 aromatic heterocycles. The fourth-order valence-electron chi connectivity index (χ4n) is 2.28. The summed E-state index contributed by atoms with van der Waals surface area (Å²) in [7, 11) is 0. The number of nitrogens with zero attached hydrogens (tertiary/aromatic N) is 3. The smallest absolute Gasteiger partial charge is 0.251 e. The number of benzene rings is 1. The zero-order valence-electron chi connectivity index (χ0n) is 12.3. The van der Waals surface area contributed by atoms with Gasteiger partial charge in [-0.15, -0.1) is 0 Å². The molecule has 3 aromatic rings. The first-order valence-corrected chi connectivity index (χ1v) is 7.52. The van der Waals surface area contributed by atoms with Gasteiger partial charge in [0.05, 0.1) is 6.33 Å². The molecule has 0 spiro atoms. The molecule has 6 heteroatoms. The molecule has 0 saturated heterocycles. The number of imidazole rings is 1. The number of hydrogen-bond donors (Lipinski definition) is 1. The van der Waals surface area contributed by atoms with Crippen molar-refractivity contribution in [3.63, 3.8) is 0 Å². The van der Waals surface area contributed by atoms with Crippen LogP contribution in [0.4, 0.5) is 0 Å². The number of hydrogen-bond acceptors (Lipinski definition) is 3. The molecule has 5 nitrogen and oxygen atoms in total. The maximum absolute atomic E-state index is 12.2. The number of rotatable bonds is 5. The molecule has 0 aliphatic heterocycles. The number of nitrogens with one attached hydrogen (secondary N) is 1. The number of carbonyl (C=O) groups excluding carboxylic acids is 1. The van der Waals surface area contributed by atoms with E-state index in [4.69, 9.17) is 11.6 Å². The van der Waals surface area contributed by atoms with Gasteiger partial charge in [-0.25, -0.2) is 9.97 Å². The summed E-state index contributed by atoms with van der Waals surface area (Å²) in [4.78, 5) is 20.1. The Kier molecular flexibility index (Phi) is 4.68. The van der Waals surface area contributed by atoms with Crippen LogP contribution < -0.4 is 5.32 Å². The lowest BCUT2D eigenvalue weighted by Crippen LogP contribution is -2.23. The van der Waals surface area contributed by atoms with E-state index in [1.807, 2.05) is 35.0 Å². The van der Waals surface area contributed by atoms with Gasteiger partial charge in [-0.3, -0.25) is 4.79 Å². The van der Waals surface area contributed by atoms with Gasteiger partial charge < -0.3 is 9.88 Å². The Balaban J connectivity index is 1.69. The van der Waals surface area contributed by atoms with Crippen LogP contribution >= 0.6 is 11.6 Å². The quantitative estimate of drug-likeness (QED) is 0.733. The third kappa shape index (κ3) is 3.96. The first-order chi connectivity index (χ1) is 11.2. The predicted octanol–water partition coefficient (Wildman–Crippen LogP) is 2.91. The Morgan fingerprint density at radius 2 is 2.00 bits per heavy atom. The van der Waals surface area contributed by atoms with E-state index in [-0.39, 0.29) is 5.91 Å². The summed E-state index contributed by atoms with van der Waals surface area (Å²) in [5.41, 5.74) is 2.70. The van der Waals surface area contributed by atoms with Crippen LogP contribution in [0.3, 0.4) is 0 Å². The van der Waals surface area contributed by atoms with Gasteiger partial charge in [0.2, 0.25) is 0 Å². The van der Waals surface area contributed by atoms with E-state index in [0.29, 0.717) is 23.8 Å². The lowest BCUT2D eigenvalue weighted by molar-refractivity contribution is 0.0950. The third-order valence-corrected chi connectivity index (χ3v) is 3.67. The third-order valence-electron chi connectivity index (χ3n) is 3.46. The van der Waals surface area contributed by atoms with Gasteiger partial charge in [-0.2, -0.15) is 0 Å². The normalized spacial score (nSPS) is 10.5. The van der Waals surface area contributed by atoms with Gasteiger partial charge in [0.25, 0.3) is 5.91 Å². The lowest BCUT2D eigenvalue weighted by atomic mass is 10.1. The number of halogens is 1. The van der Waals surface area contributed by atoms with Crippen LogP contribution in [0.1, 0.15) is 21.5 Å². The zero-order valence-corrected chi connectivity index (χ0v) is 13.1. The molecule has 1 N–H and O–H groups in total. The van der Waals surface area contributed by atoms with E-state index >= 15 is 0 Å². The average Bonchev–Trinajstić information content (AvgIpc) is 3.07. The summed E-state index contributed by atoms with van der Waals surface area (Å²) in [5.74, 6) is -0.174. The molecule has 0 atom stereocenters. The Hall–Kier alpha value is -2.66. The molecule has 2 heterocycles. The highest BCUT2D eigenvalue weighted by molar-refractivity contribution is 6.29. The number of carbonyl (C=O) groups is 1. The van der Waals surface area contributed by atoms with Crippen molar-refractivity contribution in [3.8, 4) is 0 Å². The van der Waals surface area contributed by atoms with E-state index in [0.717, 1.165) is 11.1 Å². The van der Waals surface area contributed by atoms with E-state index < -0.39 is 0 Å². The summed E-state index contributed by atoms with van der Waals surface area (Å²) < 4.78 is 1.99. The average molecular weight is 327 g/mol. The minimum absolute atomic E-state index is 0.174. The van der Waals surface area contributed by atoms with Gasteiger partial charge >= 0.3 is 0 Å². The van der Waals surface area contributed by atoms with Crippen molar-refractivity contribution < 1.29 is 4.79 Å². The minimum atomic E-state index is -0.174. The van der Waals surface area contributed by atoms with E-state index in [9.17, 15) is 4.79 Å².